The molecule has 2 aliphatic carbocycles. The van der Waals surface area contributed by atoms with Gasteiger partial charge >= 0.3 is 6.18 Å². The summed E-state index contributed by atoms with van der Waals surface area (Å²) in [5, 5.41) is 4.10. The van der Waals surface area contributed by atoms with Crippen LogP contribution in [0.2, 0.25) is 0 Å². The fraction of sp³-hybridized carbons (Fsp3) is 0.529. The molecule has 2 aliphatic rings. The summed E-state index contributed by atoms with van der Waals surface area (Å²) >= 11 is 0. The van der Waals surface area contributed by atoms with E-state index in [0.29, 0.717) is 5.78 Å². The molecule has 134 valence electrons. The van der Waals surface area contributed by atoms with Gasteiger partial charge < -0.3 is 0 Å². The smallest absolute Gasteiger partial charge is 0.300 e. The third-order valence-corrected chi connectivity index (χ3v) is 4.41. The Bertz CT molecular complexity index is 757. The number of hydrogen-bond donors (Lipinski definition) is 0. The van der Waals surface area contributed by atoms with Gasteiger partial charge in [0.2, 0.25) is 0 Å². The number of Topliss-reactive ketones (excluding diaryl/α,β-unsaturated/α-hetero) is 1. The maximum absolute atomic E-state index is 12.5. The van der Waals surface area contributed by atoms with Crippen LogP contribution in [-0.2, 0) is 11.0 Å². The molecule has 2 aromatic heterocycles. The first-order valence-electron chi connectivity index (χ1n) is 8.19. The van der Waals surface area contributed by atoms with E-state index in [1.54, 1.807) is 4.68 Å². The lowest BCUT2D eigenvalue weighted by Gasteiger charge is -2.06. The zero-order valence-electron chi connectivity index (χ0n) is 14.0. The molecule has 0 aliphatic heterocycles. The number of pyridine rings is 1. The van der Waals surface area contributed by atoms with E-state index in [-0.39, 0.29) is 17.4 Å². The molecule has 2 heterocycles. The van der Waals surface area contributed by atoms with Gasteiger partial charge in [0.15, 0.2) is 5.82 Å². The van der Waals surface area contributed by atoms with Crippen LogP contribution in [0.4, 0.5) is 13.2 Å². The van der Waals surface area contributed by atoms with E-state index in [0.717, 1.165) is 36.9 Å². The van der Waals surface area contributed by atoms with Crippen molar-refractivity contribution in [3.05, 3.63) is 30.4 Å². The summed E-state index contributed by atoms with van der Waals surface area (Å²) in [6, 6.07) is 1.09. The van der Waals surface area contributed by atoms with E-state index in [1.807, 2.05) is 13.8 Å². The van der Waals surface area contributed by atoms with Gasteiger partial charge in [0, 0.05) is 36.8 Å². The molecule has 25 heavy (non-hydrogen) atoms. The van der Waals surface area contributed by atoms with Gasteiger partial charge in [0.1, 0.15) is 12.1 Å². The van der Waals surface area contributed by atoms with Crippen molar-refractivity contribution in [2.75, 3.05) is 0 Å². The topological polar surface area (TPSA) is 60.7 Å². The first-order chi connectivity index (χ1) is 11.7. The Labute approximate surface area is 143 Å². The number of ketones is 1. The normalized spacial score (nSPS) is 21.8. The van der Waals surface area contributed by atoms with Crippen LogP contribution in [0.3, 0.4) is 0 Å². The van der Waals surface area contributed by atoms with E-state index in [4.69, 9.17) is 0 Å². The second-order valence-corrected chi connectivity index (χ2v) is 6.80. The van der Waals surface area contributed by atoms with Crippen molar-refractivity contribution in [2.45, 2.75) is 45.3 Å². The highest BCUT2D eigenvalue weighted by atomic mass is 19.4. The number of carbonyl (C=O) groups is 1. The Morgan fingerprint density at radius 3 is 2.36 bits per heavy atom. The summed E-state index contributed by atoms with van der Waals surface area (Å²) in [6.45, 7) is 3.81. The van der Waals surface area contributed by atoms with Crippen LogP contribution in [0.5, 0.6) is 0 Å². The number of alkyl halides is 3. The Balaban J connectivity index is 0.000000213. The highest BCUT2D eigenvalue weighted by molar-refractivity contribution is 5.82. The molecule has 0 bridgehead atoms. The molecular weight excluding hydrogens is 333 g/mol. The lowest BCUT2D eigenvalue weighted by Crippen LogP contribution is -2.05. The number of hydrogen-bond acceptors (Lipinski definition) is 4. The predicted molar refractivity (Wildman–Crippen MR) is 84.5 cm³/mol. The number of nitrogens with zero attached hydrogens (tertiary/aromatic N) is 4. The number of halogens is 3. The van der Waals surface area contributed by atoms with Gasteiger partial charge in [-0.2, -0.15) is 18.3 Å². The third kappa shape index (κ3) is 4.24. The van der Waals surface area contributed by atoms with Crippen molar-refractivity contribution in [3.63, 3.8) is 0 Å². The fourth-order valence-electron chi connectivity index (χ4n) is 2.85. The van der Waals surface area contributed by atoms with E-state index in [1.165, 1.54) is 18.9 Å². The minimum absolute atomic E-state index is 0.102. The molecule has 2 fully saturated rings. The second-order valence-electron chi connectivity index (χ2n) is 6.80. The Kier molecular flexibility index (Phi) is 4.62. The predicted octanol–water partition coefficient (Wildman–Crippen LogP) is 3.93. The third-order valence-electron chi connectivity index (χ3n) is 4.41. The van der Waals surface area contributed by atoms with Crippen LogP contribution >= 0.6 is 0 Å². The molecule has 0 unspecified atom stereocenters. The summed E-state index contributed by atoms with van der Waals surface area (Å²) in [6.07, 6.45) is 2.34. The number of aromatic nitrogens is 4. The highest BCUT2D eigenvalue weighted by Crippen LogP contribution is 2.49. The molecule has 0 spiro atoms. The molecule has 4 rings (SSSR count). The zero-order valence-corrected chi connectivity index (χ0v) is 14.0. The molecule has 8 heteroatoms. The lowest BCUT2D eigenvalue weighted by atomic mass is 10.2. The van der Waals surface area contributed by atoms with Crippen LogP contribution in [0, 0.1) is 11.8 Å². The molecule has 2 saturated carbocycles. The summed E-state index contributed by atoms with van der Waals surface area (Å²) < 4.78 is 39.2. The van der Waals surface area contributed by atoms with Crippen molar-refractivity contribution in [1.82, 2.24) is 19.7 Å². The van der Waals surface area contributed by atoms with Gasteiger partial charge in [-0.3, -0.25) is 9.78 Å². The van der Waals surface area contributed by atoms with Crippen LogP contribution in [0.25, 0.3) is 11.4 Å². The van der Waals surface area contributed by atoms with Crippen LogP contribution in [0.1, 0.15) is 44.7 Å². The first-order valence-corrected chi connectivity index (χ1v) is 8.19. The fourth-order valence-corrected chi connectivity index (χ4v) is 2.85. The van der Waals surface area contributed by atoms with Crippen molar-refractivity contribution >= 4 is 5.78 Å². The lowest BCUT2D eigenvalue weighted by molar-refractivity contribution is -0.137. The average molecular weight is 352 g/mol. The Morgan fingerprint density at radius 2 is 1.88 bits per heavy atom. The van der Waals surface area contributed by atoms with Crippen molar-refractivity contribution in [1.29, 1.82) is 0 Å². The van der Waals surface area contributed by atoms with E-state index >= 15 is 0 Å². The van der Waals surface area contributed by atoms with Gasteiger partial charge in [0.05, 0.1) is 5.56 Å². The number of fused-ring (bicyclic) bond motifs is 1. The molecule has 0 N–H and O–H groups in total. The van der Waals surface area contributed by atoms with Gasteiger partial charge in [-0.25, -0.2) is 9.67 Å². The Morgan fingerprint density at radius 1 is 1.20 bits per heavy atom. The second kappa shape index (κ2) is 6.57. The van der Waals surface area contributed by atoms with Crippen molar-refractivity contribution in [2.24, 2.45) is 11.8 Å². The monoisotopic (exact) mass is 352 g/mol. The molecule has 0 radical (unpaired) electrons. The molecule has 5 nitrogen and oxygen atoms in total. The average Bonchev–Trinajstić information content (AvgIpc) is 2.98. The highest BCUT2D eigenvalue weighted by Gasteiger charge is 2.45. The molecule has 0 aromatic carbocycles. The van der Waals surface area contributed by atoms with Crippen LogP contribution in [-0.4, -0.2) is 25.5 Å². The summed E-state index contributed by atoms with van der Waals surface area (Å²) in [7, 11) is 0. The zero-order chi connectivity index (χ0) is 18.2. The maximum Gasteiger partial charge on any atom is 0.417 e. The molecule has 0 amide bonds. The van der Waals surface area contributed by atoms with Gasteiger partial charge in [-0.1, -0.05) is 0 Å². The van der Waals surface area contributed by atoms with E-state index in [2.05, 4.69) is 15.1 Å². The number of rotatable bonds is 2. The minimum atomic E-state index is -4.41. The standard InChI is InChI=1S/C11H11F3N4.C6H8O/c1-7(2)18-6-16-10(17-18)8-3-9(5-15-4-8)11(12,13)14;7-6-2-4-1-5(4)3-6/h3-7H,1-2H3;4-5H,1-3H2/t;4-,5+. The van der Waals surface area contributed by atoms with Gasteiger partial charge in [-0.05, 0) is 38.2 Å². The first kappa shape index (κ1) is 17.6. The van der Waals surface area contributed by atoms with Crippen LogP contribution in [0.15, 0.2) is 24.8 Å². The van der Waals surface area contributed by atoms with Gasteiger partial charge in [-0.15, -0.1) is 0 Å². The minimum Gasteiger partial charge on any atom is -0.300 e. The van der Waals surface area contributed by atoms with Gasteiger partial charge in [0.25, 0.3) is 0 Å². The molecule has 0 saturated heterocycles. The number of carbonyl (C=O) groups excluding carboxylic acids is 1. The van der Waals surface area contributed by atoms with Crippen molar-refractivity contribution < 1.29 is 18.0 Å². The van der Waals surface area contributed by atoms with Crippen molar-refractivity contribution in [3.8, 4) is 11.4 Å². The SMILES string of the molecule is CC(C)n1cnc(-c2cncc(C(F)(F)F)c2)n1.O=C1C[C@@H]2C[C@@H]2C1. The molecule has 2 aromatic rings. The Hall–Kier alpha value is -2.25. The summed E-state index contributed by atoms with van der Waals surface area (Å²) in [4.78, 5) is 18.0. The largest absolute Gasteiger partial charge is 0.417 e. The van der Waals surface area contributed by atoms with E-state index in [9.17, 15) is 18.0 Å². The summed E-state index contributed by atoms with van der Waals surface area (Å²) in [5.74, 6) is 2.42. The van der Waals surface area contributed by atoms with E-state index < -0.39 is 11.7 Å². The quantitative estimate of drug-likeness (QED) is 0.822. The summed E-state index contributed by atoms with van der Waals surface area (Å²) in [5.41, 5.74) is -0.551. The van der Waals surface area contributed by atoms with Crippen LogP contribution < -0.4 is 0 Å². The maximum atomic E-state index is 12.5. The molecule has 2 atom stereocenters. The molecular formula is C17H19F3N4O.